The summed E-state index contributed by atoms with van der Waals surface area (Å²) in [5, 5.41) is 14.3. The van der Waals surface area contributed by atoms with Crippen LogP contribution >= 0.6 is 0 Å². The normalized spacial score (nSPS) is 13.1. The standard InChI is InChI=1S/C23H23NO6/c1-13(2)21(23(27)28)24-22(26)14(3)29-16-9-10-17-18(15-7-5-4-6-8-15)12-20(25)30-19(17)11-16/h4-14,21H,1-3H3,(H,24,26)(H,27,28)/p-1/t14-,21+/m1/s1. The van der Waals surface area contributed by atoms with Gasteiger partial charge in [0, 0.05) is 17.5 Å². The molecule has 0 saturated heterocycles. The predicted octanol–water partition coefficient (Wildman–Crippen LogP) is 2.12. The second-order valence-electron chi connectivity index (χ2n) is 7.31. The van der Waals surface area contributed by atoms with Crippen molar-refractivity contribution < 1.29 is 23.8 Å². The molecule has 30 heavy (non-hydrogen) atoms. The molecular formula is C23H22NO6-. The zero-order chi connectivity index (χ0) is 21.8. The van der Waals surface area contributed by atoms with Gasteiger partial charge in [-0.25, -0.2) is 4.79 Å². The van der Waals surface area contributed by atoms with Gasteiger partial charge in [-0.05, 0) is 36.1 Å². The van der Waals surface area contributed by atoms with Crippen molar-refractivity contribution in [2.45, 2.75) is 32.9 Å². The van der Waals surface area contributed by atoms with E-state index in [0.29, 0.717) is 11.3 Å². The smallest absolute Gasteiger partial charge is 0.336 e. The minimum Gasteiger partial charge on any atom is -0.548 e. The van der Waals surface area contributed by atoms with E-state index in [2.05, 4.69) is 5.32 Å². The van der Waals surface area contributed by atoms with Crippen molar-refractivity contribution in [2.75, 3.05) is 0 Å². The molecule has 0 aliphatic rings. The second kappa shape index (κ2) is 8.82. The fraction of sp³-hybridized carbons (Fsp3) is 0.261. The van der Waals surface area contributed by atoms with Gasteiger partial charge in [0.05, 0.1) is 12.0 Å². The molecule has 1 N–H and O–H groups in total. The number of benzene rings is 2. The van der Waals surface area contributed by atoms with Crippen LogP contribution < -0.4 is 20.8 Å². The predicted molar refractivity (Wildman–Crippen MR) is 110 cm³/mol. The number of nitrogens with one attached hydrogen (secondary N) is 1. The van der Waals surface area contributed by atoms with Crippen molar-refractivity contribution in [3.05, 3.63) is 65.0 Å². The number of amides is 1. The molecule has 156 valence electrons. The van der Waals surface area contributed by atoms with Crippen LogP contribution in [0.4, 0.5) is 0 Å². The molecule has 0 unspecified atom stereocenters. The summed E-state index contributed by atoms with van der Waals surface area (Å²) >= 11 is 0. The zero-order valence-corrected chi connectivity index (χ0v) is 16.9. The molecule has 2 aromatic carbocycles. The Bertz CT molecular complexity index is 1120. The van der Waals surface area contributed by atoms with E-state index >= 15 is 0 Å². The Morgan fingerprint density at radius 1 is 1.03 bits per heavy atom. The van der Waals surface area contributed by atoms with Gasteiger partial charge in [0.25, 0.3) is 5.91 Å². The summed E-state index contributed by atoms with van der Waals surface area (Å²) in [5.74, 6) is -1.96. The van der Waals surface area contributed by atoms with Crippen molar-refractivity contribution in [3.63, 3.8) is 0 Å². The molecule has 0 bridgehead atoms. The summed E-state index contributed by atoms with van der Waals surface area (Å²) in [7, 11) is 0. The molecule has 0 fully saturated rings. The number of rotatable bonds is 7. The third-order valence-corrected chi connectivity index (χ3v) is 4.70. The number of carbonyl (C=O) groups excluding carboxylic acids is 2. The summed E-state index contributed by atoms with van der Waals surface area (Å²) < 4.78 is 11.0. The van der Waals surface area contributed by atoms with E-state index in [9.17, 15) is 19.5 Å². The molecule has 3 rings (SSSR count). The molecule has 0 saturated carbocycles. The topological polar surface area (TPSA) is 109 Å². The average molecular weight is 408 g/mol. The van der Waals surface area contributed by atoms with E-state index < -0.39 is 29.6 Å². The van der Waals surface area contributed by atoms with Crippen molar-refractivity contribution in [3.8, 4) is 16.9 Å². The van der Waals surface area contributed by atoms with Crippen molar-refractivity contribution in [2.24, 2.45) is 5.92 Å². The quantitative estimate of drug-likeness (QED) is 0.600. The summed E-state index contributed by atoms with van der Waals surface area (Å²) in [5.41, 5.74) is 1.42. The fourth-order valence-corrected chi connectivity index (χ4v) is 3.10. The van der Waals surface area contributed by atoms with E-state index in [-0.39, 0.29) is 5.92 Å². The van der Waals surface area contributed by atoms with Crippen LogP contribution in [0, 0.1) is 5.92 Å². The van der Waals surface area contributed by atoms with Gasteiger partial charge < -0.3 is 24.4 Å². The molecular weight excluding hydrogens is 386 g/mol. The Morgan fingerprint density at radius 3 is 2.37 bits per heavy atom. The fourth-order valence-electron chi connectivity index (χ4n) is 3.10. The van der Waals surface area contributed by atoms with E-state index in [1.165, 1.54) is 19.1 Å². The van der Waals surface area contributed by atoms with E-state index in [1.54, 1.807) is 26.0 Å². The molecule has 1 aromatic heterocycles. The molecule has 0 radical (unpaired) electrons. The van der Waals surface area contributed by atoms with Crippen LogP contribution in [0.1, 0.15) is 20.8 Å². The largest absolute Gasteiger partial charge is 0.548 e. The van der Waals surface area contributed by atoms with Gasteiger partial charge in [0.1, 0.15) is 11.3 Å². The number of carbonyl (C=O) groups is 2. The summed E-state index contributed by atoms with van der Waals surface area (Å²) in [6, 6.07) is 14.7. The van der Waals surface area contributed by atoms with Gasteiger partial charge in [-0.2, -0.15) is 0 Å². The number of ether oxygens (including phenoxy) is 1. The van der Waals surface area contributed by atoms with Crippen LogP contribution in [0.2, 0.25) is 0 Å². The highest BCUT2D eigenvalue weighted by molar-refractivity contribution is 5.94. The number of aliphatic carboxylic acids is 1. The Hall–Kier alpha value is -3.61. The Morgan fingerprint density at radius 2 is 1.73 bits per heavy atom. The van der Waals surface area contributed by atoms with Crippen molar-refractivity contribution in [1.82, 2.24) is 5.32 Å². The first-order valence-electron chi connectivity index (χ1n) is 9.57. The van der Waals surface area contributed by atoms with Crippen LogP contribution in [-0.2, 0) is 9.59 Å². The maximum atomic E-state index is 12.3. The minimum absolute atomic E-state index is 0.313. The van der Waals surface area contributed by atoms with Gasteiger partial charge in [0.15, 0.2) is 6.10 Å². The van der Waals surface area contributed by atoms with Crippen LogP contribution in [0.25, 0.3) is 22.1 Å². The lowest BCUT2D eigenvalue weighted by molar-refractivity contribution is -0.309. The van der Waals surface area contributed by atoms with Gasteiger partial charge in [0.2, 0.25) is 0 Å². The van der Waals surface area contributed by atoms with Crippen molar-refractivity contribution >= 4 is 22.8 Å². The average Bonchev–Trinajstić information content (AvgIpc) is 2.71. The summed E-state index contributed by atoms with van der Waals surface area (Å²) in [6.07, 6.45) is -0.966. The SMILES string of the molecule is CC(C)[C@H](NC(=O)[C@@H](C)Oc1ccc2c(-c3ccccc3)cc(=O)oc2c1)C(=O)[O-]. The highest BCUT2D eigenvalue weighted by atomic mass is 16.5. The third-order valence-electron chi connectivity index (χ3n) is 4.70. The molecule has 0 aliphatic heterocycles. The van der Waals surface area contributed by atoms with Gasteiger partial charge in [-0.15, -0.1) is 0 Å². The molecule has 3 aromatic rings. The Kier molecular flexibility index (Phi) is 6.20. The maximum Gasteiger partial charge on any atom is 0.336 e. The molecule has 2 atom stereocenters. The lowest BCUT2D eigenvalue weighted by atomic mass is 10.0. The number of carboxylic acid groups (broad SMARTS) is 1. The second-order valence-corrected chi connectivity index (χ2v) is 7.31. The van der Waals surface area contributed by atoms with E-state index in [4.69, 9.17) is 9.15 Å². The number of hydrogen-bond donors (Lipinski definition) is 1. The number of hydrogen-bond acceptors (Lipinski definition) is 6. The van der Waals surface area contributed by atoms with Crippen LogP contribution in [0.3, 0.4) is 0 Å². The number of fused-ring (bicyclic) bond motifs is 1. The van der Waals surface area contributed by atoms with E-state index in [0.717, 1.165) is 16.5 Å². The summed E-state index contributed by atoms with van der Waals surface area (Å²) in [6.45, 7) is 4.84. The maximum absolute atomic E-state index is 12.3. The number of carboxylic acids is 1. The first-order valence-corrected chi connectivity index (χ1v) is 9.57. The summed E-state index contributed by atoms with van der Waals surface area (Å²) in [4.78, 5) is 35.5. The van der Waals surface area contributed by atoms with Crippen LogP contribution in [0.15, 0.2) is 63.8 Å². The van der Waals surface area contributed by atoms with E-state index in [1.807, 2.05) is 30.3 Å². The van der Waals surface area contributed by atoms with Gasteiger partial charge in [-0.3, -0.25) is 4.79 Å². The Balaban J connectivity index is 1.85. The van der Waals surface area contributed by atoms with Gasteiger partial charge in [-0.1, -0.05) is 44.2 Å². The minimum atomic E-state index is -1.36. The molecule has 1 heterocycles. The molecule has 0 aliphatic carbocycles. The first kappa shape index (κ1) is 21.1. The van der Waals surface area contributed by atoms with Gasteiger partial charge >= 0.3 is 5.63 Å². The third kappa shape index (κ3) is 4.68. The highest BCUT2D eigenvalue weighted by Crippen LogP contribution is 2.29. The van der Waals surface area contributed by atoms with Crippen LogP contribution in [-0.4, -0.2) is 24.0 Å². The Labute approximate surface area is 173 Å². The lowest BCUT2D eigenvalue weighted by Crippen LogP contribution is -2.53. The monoisotopic (exact) mass is 408 g/mol. The first-order chi connectivity index (χ1) is 14.3. The zero-order valence-electron chi connectivity index (χ0n) is 16.9. The highest BCUT2D eigenvalue weighted by Gasteiger charge is 2.22. The lowest BCUT2D eigenvalue weighted by Gasteiger charge is -2.25. The molecule has 7 heteroatoms. The molecule has 7 nitrogen and oxygen atoms in total. The molecule has 0 spiro atoms. The van der Waals surface area contributed by atoms with Crippen molar-refractivity contribution in [1.29, 1.82) is 0 Å². The molecule has 1 amide bonds. The van der Waals surface area contributed by atoms with Crippen LogP contribution in [0.5, 0.6) is 5.75 Å².